The Kier molecular flexibility index (Phi) is 4.17. The van der Waals surface area contributed by atoms with Crippen LogP contribution in [0.5, 0.6) is 0 Å². The fourth-order valence-electron chi connectivity index (χ4n) is 1.77. The lowest BCUT2D eigenvalue weighted by Crippen LogP contribution is -2.27. The van der Waals surface area contributed by atoms with Gasteiger partial charge in [0.25, 0.3) is 5.91 Å². The van der Waals surface area contributed by atoms with Gasteiger partial charge in [0.05, 0.1) is 0 Å². The molecule has 0 spiro atoms. The molecular formula is C15H15ClN2O. The molecule has 0 radical (unpaired) electrons. The lowest BCUT2D eigenvalue weighted by Gasteiger charge is -2.17. The SMILES string of the molecule is CCc1ccc(N(C)C(=O)c2cc(Cl)ccn2)cc1. The van der Waals surface area contributed by atoms with E-state index < -0.39 is 0 Å². The Morgan fingerprint density at radius 1 is 1.26 bits per heavy atom. The van der Waals surface area contributed by atoms with E-state index in [0.29, 0.717) is 10.7 Å². The number of rotatable bonds is 3. The van der Waals surface area contributed by atoms with Gasteiger partial charge < -0.3 is 4.90 Å². The molecule has 4 heteroatoms. The second-order valence-electron chi connectivity index (χ2n) is 4.24. The summed E-state index contributed by atoms with van der Waals surface area (Å²) < 4.78 is 0. The molecule has 0 bridgehead atoms. The third-order valence-corrected chi connectivity index (χ3v) is 3.21. The zero-order valence-electron chi connectivity index (χ0n) is 10.9. The van der Waals surface area contributed by atoms with Crippen molar-refractivity contribution in [3.05, 3.63) is 58.9 Å². The molecule has 0 aliphatic rings. The predicted octanol–water partition coefficient (Wildman–Crippen LogP) is 3.57. The van der Waals surface area contributed by atoms with E-state index in [1.807, 2.05) is 24.3 Å². The summed E-state index contributed by atoms with van der Waals surface area (Å²) in [5.41, 5.74) is 2.42. The first-order chi connectivity index (χ1) is 9.11. The predicted molar refractivity (Wildman–Crippen MR) is 77.8 cm³/mol. The monoisotopic (exact) mass is 274 g/mol. The van der Waals surface area contributed by atoms with Gasteiger partial charge in [0.15, 0.2) is 0 Å². The largest absolute Gasteiger partial charge is 0.310 e. The molecule has 3 nitrogen and oxygen atoms in total. The Morgan fingerprint density at radius 2 is 1.95 bits per heavy atom. The van der Waals surface area contributed by atoms with Crippen LogP contribution in [-0.2, 0) is 6.42 Å². The highest BCUT2D eigenvalue weighted by Gasteiger charge is 2.14. The van der Waals surface area contributed by atoms with Gasteiger partial charge in [-0.2, -0.15) is 0 Å². The quantitative estimate of drug-likeness (QED) is 0.857. The van der Waals surface area contributed by atoms with E-state index in [1.54, 1.807) is 24.1 Å². The zero-order chi connectivity index (χ0) is 13.8. The number of aromatic nitrogens is 1. The molecule has 0 aliphatic carbocycles. The highest BCUT2D eigenvalue weighted by Crippen LogP contribution is 2.17. The van der Waals surface area contributed by atoms with Crippen molar-refractivity contribution in [2.45, 2.75) is 13.3 Å². The molecule has 0 atom stereocenters. The zero-order valence-corrected chi connectivity index (χ0v) is 11.7. The average molecular weight is 275 g/mol. The standard InChI is InChI=1S/C15H15ClN2O/c1-3-11-4-6-13(7-5-11)18(2)15(19)14-10-12(16)8-9-17-14/h4-10H,3H2,1-2H3. The van der Waals surface area contributed by atoms with Crippen molar-refractivity contribution in [2.24, 2.45) is 0 Å². The summed E-state index contributed by atoms with van der Waals surface area (Å²) in [5.74, 6) is -0.174. The van der Waals surface area contributed by atoms with E-state index >= 15 is 0 Å². The molecule has 0 unspecified atom stereocenters. The van der Waals surface area contributed by atoms with Crippen molar-refractivity contribution in [1.29, 1.82) is 0 Å². The minimum absolute atomic E-state index is 0.174. The number of carbonyl (C=O) groups excluding carboxylic acids is 1. The Bertz CT molecular complexity index is 581. The van der Waals surface area contributed by atoms with Crippen molar-refractivity contribution in [1.82, 2.24) is 4.98 Å². The molecule has 98 valence electrons. The van der Waals surface area contributed by atoms with E-state index in [0.717, 1.165) is 12.1 Å². The van der Waals surface area contributed by atoms with Crippen molar-refractivity contribution >= 4 is 23.2 Å². The summed E-state index contributed by atoms with van der Waals surface area (Å²) in [6.45, 7) is 2.10. The number of nitrogens with zero attached hydrogens (tertiary/aromatic N) is 2. The maximum Gasteiger partial charge on any atom is 0.276 e. The van der Waals surface area contributed by atoms with Gasteiger partial charge in [-0.15, -0.1) is 0 Å². The number of hydrogen-bond donors (Lipinski definition) is 0. The Hall–Kier alpha value is -1.87. The van der Waals surface area contributed by atoms with Gasteiger partial charge in [-0.05, 0) is 36.2 Å². The Morgan fingerprint density at radius 3 is 2.53 bits per heavy atom. The maximum absolute atomic E-state index is 12.3. The summed E-state index contributed by atoms with van der Waals surface area (Å²) in [6, 6.07) is 11.1. The fraction of sp³-hybridized carbons (Fsp3) is 0.200. The third kappa shape index (κ3) is 3.12. The average Bonchev–Trinajstić information content (AvgIpc) is 2.46. The topological polar surface area (TPSA) is 33.2 Å². The molecule has 1 amide bonds. The van der Waals surface area contributed by atoms with Crippen LogP contribution in [0.15, 0.2) is 42.6 Å². The molecular weight excluding hydrogens is 260 g/mol. The van der Waals surface area contributed by atoms with Crippen LogP contribution in [-0.4, -0.2) is 17.9 Å². The van der Waals surface area contributed by atoms with Gasteiger partial charge in [-0.3, -0.25) is 9.78 Å². The number of pyridine rings is 1. The van der Waals surface area contributed by atoms with Crippen LogP contribution in [0, 0.1) is 0 Å². The van der Waals surface area contributed by atoms with Crippen LogP contribution in [0.2, 0.25) is 5.02 Å². The van der Waals surface area contributed by atoms with Crippen LogP contribution in [0.25, 0.3) is 0 Å². The van der Waals surface area contributed by atoms with E-state index in [4.69, 9.17) is 11.6 Å². The van der Waals surface area contributed by atoms with Crippen molar-refractivity contribution in [3.8, 4) is 0 Å². The van der Waals surface area contributed by atoms with Crippen LogP contribution < -0.4 is 4.90 Å². The first-order valence-electron chi connectivity index (χ1n) is 6.10. The van der Waals surface area contributed by atoms with Gasteiger partial charge in [0, 0.05) is 24.0 Å². The first-order valence-corrected chi connectivity index (χ1v) is 6.48. The molecule has 1 aromatic carbocycles. The number of carbonyl (C=O) groups is 1. The molecule has 0 saturated heterocycles. The fourth-order valence-corrected chi connectivity index (χ4v) is 1.93. The summed E-state index contributed by atoms with van der Waals surface area (Å²) >= 11 is 5.87. The van der Waals surface area contributed by atoms with Gasteiger partial charge in [0.2, 0.25) is 0 Å². The Labute approximate surface area is 117 Å². The number of halogens is 1. The van der Waals surface area contributed by atoms with Crippen molar-refractivity contribution < 1.29 is 4.79 Å². The first kappa shape index (κ1) is 13.6. The van der Waals surface area contributed by atoms with E-state index in [2.05, 4.69) is 11.9 Å². The van der Waals surface area contributed by atoms with Gasteiger partial charge >= 0.3 is 0 Å². The summed E-state index contributed by atoms with van der Waals surface area (Å²) in [6.07, 6.45) is 2.51. The number of benzene rings is 1. The van der Waals surface area contributed by atoms with Crippen molar-refractivity contribution in [2.75, 3.05) is 11.9 Å². The number of hydrogen-bond acceptors (Lipinski definition) is 2. The maximum atomic E-state index is 12.3. The minimum Gasteiger partial charge on any atom is -0.310 e. The van der Waals surface area contributed by atoms with Gasteiger partial charge in [0.1, 0.15) is 5.69 Å². The van der Waals surface area contributed by atoms with Crippen LogP contribution in [0.3, 0.4) is 0 Å². The van der Waals surface area contributed by atoms with Crippen LogP contribution >= 0.6 is 11.6 Å². The molecule has 0 N–H and O–H groups in total. The second-order valence-corrected chi connectivity index (χ2v) is 4.68. The Balaban J connectivity index is 2.23. The van der Waals surface area contributed by atoms with Crippen molar-refractivity contribution in [3.63, 3.8) is 0 Å². The van der Waals surface area contributed by atoms with Crippen LogP contribution in [0.1, 0.15) is 23.0 Å². The minimum atomic E-state index is -0.174. The normalized spacial score (nSPS) is 10.3. The third-order valence-electron chi connectivity index (χ3n) is 2.98. The second kappa shape index (κ2) is 5.85. The lowest BCUT2D eigenvalue weighted by molar-refractivity contribution is 0.0988. The lowest BCUT2D eigenvalue weighted by atomic mass is 10.1. The number of aryl methyl sites for hydroxylation is 1. The summed E-state index contributed by atoms with van der Waals surface area (Å²) in [7, 11) is 1.73. The molecule has 1 heterocycles. The summed E-state index contributed by atoms with van der Waals surface area (Å²) in [4.78, 5) is 17.9. The number of amides is 1. The molecule has 2 rings (SSSR count). The highest BCUT2D eigenvalue weighted by molar-refractivity contribution is 6.31. The van der Waals surface area contributed by atoms with Gasteiger partial charge in [-0.1, -0.05) is 30.7 Å². The smallest absolute Gasteiger partial charge is 0.276 e. The molecule has 1 aromatic heterocycles. The van der Waals surface area contributed by atoms with E-state index in [9.17, 15) is 4.79 Å². The molecule has 19 heavy (non-hydrogen) atoms. The number of anilines is 1. The van der Waals surface area contributed by atoms with E-state index in [-0.39, 0.29) is 5.91 Å². The molecule has 0 fully saturated rings. The highest BCUT2D eigenvalue weighted by atomic mass is 35.5. The molecule has 2 aromatic rings. The molecule has 0 saturated carbocycles. The van der Waals surface area contributed by atoms with E-state index in [1.165, 1.54) is 11.8 Å². The molecule has 0 aliphatic heterocycles. The summed E-state index contributed by atoms with van der Waals surface area (Å²) in [5, 5.41) is 0.507. The van der Waals surface area contributed by atoms with Crippen LogP contribution in [0.4, 0.5) is 5.69 Å². The van der Waals surface area contributed by atoms with Gasteiger partial charge in [-0.25, -0.2) is 0 Å².